The van der Waals surface area contributed by atoms with Crippen LogP contribution < -0.4 is 10.1 Å². The number of amides is 1. The van der Waals surface area contributed by atoms with Crippen LogP contribution in [0.3, 0.4) is 0 Å². The molecule has 2 heterocycles. The Bertz CT molecular complexity index is 1020. The fourth-order valence-corrected chi connectivity index (χ4v) is 3.20. The Kier molecular flexibility index (Phi) is 4.35. The number of hydrogen-bond acceptors (Lipinski definition) is 3. The maximum absolute atomic E-state index is 13.2. The van der Waals surface area contributed by atoms with Crippen LogP contribution in [0.25, 0.3) is 5.69 Å². The van der Waals surface area contributed by atoms with Gasteiger partial charge in [0.25, 0.3) is 0 Å². The second-order valence-corrected chi connectivity index (χ2v) is 6.19. The van der Waals surface area contributed by atoms with Crippen LogP contribution in [-0.4, -0.2) is 22.1 Å². The topological polar surface area (TPSA) is 56.1 Å². The highest BCUT2D eigenvalue weighted by Crippen LogP contribution is 2.37. The van der Waals surface area contributed by atoms with Crippen molar-refractivity contribution in [3.05, 3.63) is 71.9 Å². The molecule has 134 valence electrons. The van der Waals surface area contributed by atoms with Crippen molar-refractivity contribution in [2.24, 2.45) is 0 Å². The Morgan fingerprint density at radius 1 is 1.22 bits per heavy atom. The van der Waals surface area contributed by atoms with Crippen LogP contribution in [0.15, 0.2) is 54.9 Å². The molecule has 1 aliphatic heterocycles. The Morgan fingerprint density at radius 2 is 1.96 bits per heavy atom. The maximum Gasteiger partial charge on any atom is 0.226 e. The molecule has 0 fully saturated rings. The normalized spacial score (nSPS) is 15.6. The lowest BCUT2D eigenvalue weighted by atomic mass is 9.90. The monoisotopic (exact) mass is 361 g/mol. The molecule has 1 aromatic heterocycles. The Labute approximate surface area is 155 Å². The first-order chi connectivity index (χ1) is 13.2. The van der Waals surface area contributed by atoms with Gasteiger partial charge in [-0.15, -0.1) is 6.42 Å². The van der Waals surface area contributed by atoms with E-state index in [2.05, 4.69) is 16.2 Å². The van der Waals surface area contributed by atoms with Gasteiger partial charge in [-0.1, -0.05) is 18.1 Å². The molecule has 4 rings (SSSR count). The van der Waals surface area contributed by atoms with E-state index in [9.17, 15) is 9.18 Å². The predicted molar refractivity (Wildman–Crippen MR) is 99.4 cm³/mol. The van der Waals surface area contributed by atoms with Gasteiger partial charge in [-0.2, -0.15) is 0 Å². The number of anilines is 1. The van der Waals surface area contributed by atoms with Gasteiger partial charge in [0.15, 0.2) is 0 Å². The SMILES string of the molecule is C#CCOc1ccc(C2CC(=O)Nc3c2ncn3-c2ccc(F)cc2)cc1. The number of carbonyl (C=O) groups excluding carboxylic acids is 1. The van der Waals surface area contributed by atoms with Crippen molar-refractivity contribution in [3.8, 4) is 23.8 Å². The van der Waals surface area contributed by atoms with Gasteiger partial charge in [0.05, 0.1) is 5.69 Å². The molecule has 0 bridgehead atoms. The average molecular weight is 361 g/mol. The van der Waals surface area contributed by atoms with Crippen molar-refractivity contribution in [1.82, 2.24) is 9.55 Å². The van der Waals surface area contributed by atoms with Gasteiger partial charge in [0.1, 0.15) is 30.3 Å². The number of aromatic nitrogens is 2. The lowest BCUT2D eigenvalue weighted by Gasteiger charge is -2.23. The zero-order valence-electron chi connectivity index (χ0n) is 14.4. The summed E-state index contributed by atoms with van der Waals surface area (Å²) >= 11 is 0. The van der Waals surface area contributed by atoms with Crippen LogP contribution >= 0.6 is 0 Å². The van der Waals surface area contributed by atoms with Crippen LogP contribution in [0.5, 0.6) is 5.75 Å². The van der Waals surface area contributed by atoms with Crippen molar-refractivity contribution in [1.29, 1.82) is 0 Å². The van der Waals surface area contributed by atoms with Crippen molar-refractivity contribution in [2.75, 3.05) is 11.9 Å². The molecule has 0 aliphatic carbocycles. The van der Waals surface area contributed by atoms with Gasteiger partial charge in [0.2, 0.25) is 5.91 Å². The molecule has 0 saturated carbocycles. The standard InChI is InChI=1S/C21H16FN3O2/c1-2-11-27-17-9-3-14(4-10-17)18-12-19(26)24-21-20(18)23-13-25(21)16-7-5-15(22)6-8-16/h1,3-10,13,18H,11-12H2,(H,24,26). The van der Waals surface area contributed by atoms with Crippen LogP contribution in [0, 0.1) is 18.2 Å². The summed E-state index contributed by atoms with van der Waals surface area (Å²) in [5.41, 5.74) is 2.46. The van der Waals surface area contributed by atoms with Gasteiger partial charge >= 0.3 is 0 Å². The summed E-state index contributed by atoms with van der Waals surface area (Å²) in [4.78, 5) is 16.8. The molecular weight excluding hydrogens is 345 g/mol. The van der Waals surface area contributed by atoms with Gasteiger partial charge in [-0.3, -0.25) is 9.36 Å². The first kappa shape index (κ1) is 16.9. The Hall–Kier alpha value is -3.59. The predicted octanol–water partition coefficient (Wildman–Crippen LogP) is 3.50. The molecule has 1 atom stereocenters. The molecule has 5 nitrogen and oxygen atoms in total. The summed E-state index contributed by atoms with van der Waals surface area (Å²) < 4.78 is 20.4. The third-order valence-corrected chi connectivity index (χ3v) is 4.48. The van der Waals surface area contributed by atoms with Gasteiger partial charge < -0.3 is 10.1 Å². The zero-order valence-corrected chi connectivity index (χ0v) is 14.4. The molecule has 0 saturated heterocycles. The smallest absolute Gasteiger partial charge is 0.226 e. The van der Waals surface area contributed by atoms with Crippen LogP contribution in [0.4, 0.5) is 10.2 Å². The van der Waals surface area contributed by atoms with Crippen LogP contribution in [0.2, 0.25) is 0 Å². The highest BCUT2D eigenvalue weighted by atomic mass is 19.1. The van der Waals surface area contributed by atoms with E-state index in [1.54, 1.807) is 23.0 Å². The number of carbonyl (C=O) groups is 1. The van der Waals surface area contributed by atoms with E-state index in [4.69, 9.17) is 11.2 Å². The fraction of sp³-hybridized carbons (Fsp3) is 0.143. The minimum absolute atomic E-state index is 0.0935. The van der Waals surface area contributed by atoms with Crippen molar-refractivity contribution in [3.63, 3.8) is 0 Å². The van der Waals surface area contributed by atoms with E-state index >= 15 is 0 Å². The molecule has 1 N–H and O–H groups in total. The molecule has 1 amide bonds. The molecular formula is C21H16FN3O2. The molecule has 3 aromatic rings. The van der Waals surface area contributed by atoms with Crippen LogP contribution in [0.1, 0.15) is 23.6 Å². The highest BCUT2D eigenvalue weighted by molar-refractivity contribution is 5.94. The quantitative estimate of drug-likeness (QED) is 0.724. The number of hydrogen-bond donors (Lipinski definition) is 1. The number of fused-ring (bicyclic) bond motifs is 1. The summed E-state index contributed by atoms with van der Waals surface area (Å²) in [6.45, 7) is 0.206. The number of rotatable bonds is 4. The molecule has 1 unspecified atom stereocenters. The second kappa shape index (κ2) is 6.96. The summed E-state index contributed by atoms with van der Waals surface area (Å²) in [6, 6.07) is 13.5. The van der Waals surface area contributed by atoms with Crippen molar-refractivity contribution in [2.45, 2.75) is 12.3 Å². The summed E-state index contributed by atoms with van der Waals surface area (Å²) in [5.74, 6) is 3.12. The lowest BCUT2D eigenvalue weighted by molar-refractivity contribution is -0.116. The van der Waals surface area contributed by atoms with Gasteiger partial charge in [-0.05, 0) is 42.0 Å². The Morgan fingerprint density at radius 3 is 2.67 bits per heavy atom. The minimum atomic E-state index is -0.318. The number of halogens is 1. The summed E-state index contributed by atoms with van der Waals surface area (Å²) in [6.07, 6.45) is 7.14. The van der Waals surface area contributed by atoms with E-state index in [1.165, 1.54) is 12.1 Å². The fourth-order valence-electron chi connectivity index (χ4n) is 3.20. The summed E-state index contributed by atoms with van der Waals surface area (Å²) in [7, 11) is 0. The number of ether oxygens (including phenoxy) is 1. The number of imidazole rings is 1. The zero-order chi connectivity index (χ0) is 18.8. The molecule has 27 heavy (non-hydrogen) atoms. The largest absolute Gasteiger partial charge is 0.481 e. The first-order valence-electron chi connectivity index (χ1n) is 8.45. The second-order valence-electron chi connectivity index (χ2n) is 6.19. The lowest BCUT2D eigenvalue weighted by Crippen LogP contribution is -2.24. The van der Waals surface area contributed by atoms with Crippen molar-refractivity contribution < 1.29 is 13.9 Å². The molecule has 1 aliphatic rings. The molecule has 0 spiro atoms. The minimum Gasteiger partial charge on any atom is -0.481 e. The molecule has 0 radical (unpaired) electrons. The number of terminal acetylenes is 1. The summed E-state index contributed by atoms with van der Waals surface area (Å²) in [5, 5.41) is 2.88. The number of nitrogens with one attached hydrogen (secondary N) is 1. The first-order valence-corrected chi connectivity index (χ1v) is 8.45. The number of benzene rings is 2. The van der Waals surface area contributed by atoms with Gasteiger partial charge in [0, 0.05) is 18.0 Å². The molecule has 6 heteroatoms. The average Bonchev–Trinajstić information content (AvgIpc) is 3.10. The van der Waals surface area contributed by atoms with Crippen LogP contribution in [-0.2, 0) is 4.79 Å². The van der Waals surface area contributed by atoms with Gasteiger partial charge in [-0.25, -0.2) is 9.37 Å². The van der Waals surface area contributed by atoms with E-state index < -0.39 is 0 Å². The highest BCUT2D eigenvalue weighted by Gasteiger charge is 2.31. The van der Waals surface area contributed by atoms with Crippen molar-refractivity contribution >= 4 is 11.7 Å². The third-order valence-electron chi connectivity index (χ3n) is 4.48. The maximum atomic E-state index is 13.2. The van der Waals surface area contributed by atoms with E-state index in [1.807, 2.05) is 24.3 Å². The van der Waals surface area contributed by atoms with E-state index in [0.717, 1.165) is 16.9 Å². The van der Waals surface area contributed by atoms with E-state index in [-0.39, 0.29) is 24.2 Å². The third kappa shape index (κ3) is 3.27. The number of nitrogens with zero attached hydrogens (tertiary/aromatic N) is 2. The Balaban J connectivity index is 1.69. The van der Waals surface area contributed by atoms with E-state index in [0.29, 0.717) is 18.0 Å². The molecule has 2 aromatic carbocycles.